The average molecular weight is 280 g/mol. The van der Waals surface area contributed by atoms with E-state index in [1.54, 1.807) is 23.1 Å². The van der Waals surface area contributed by atoms with Crippen LogP contribution in [0.25, 0.3) is 10.9 Å². The van der Waals surface area contributed by atoms with Crippen LogP contribution in [0, 0.1) is 0 Å². The van der Waals surface area contributed by atoms with Gasteiger partial charge in [-0.05, 0) is 19.1 Å². The Hall–Kier alpha value is -1.88. The minimum absolute atomic E-state index is 0.0777. The quantitative estimate of drug-likeness (QED) is 0.863. The molecule has 0 saturated carbocycles. The minimum Gasteiger partial charge on any atom is -0.334 e. The van der Waals surface area contributed by atoms with E-state index in [9.17, 15) is 9.59 Å². The first-order chi connectivity index (χ1) is 9.15. The van der Waals surface area contributed by atoms with E-state index < -0.39 is 0 Å². The number of fused-ring (bicyclic) bond motifs is 1. The molecule has 6 heteroatoms. The van der Waals surface area contributed by atoms with Gasteiger partial charge in [-0.15, -0.1) is 11.6 Å². The molecule has 100 valence electrons. The van der Waals surface area contributed by atoms with Crippen LogP contribution in [-0.4, -0.2) is 33.2 Å². The van der Waals surface area contributed by atoms with Crippen LogP contribution >= 0.6 is 11.6 Å². The lowest BCUT2D eigenvalue weighted by Gasteiger charge is -2.18. The van der Waals surface area contributed by atoms with Crippen molar-refractivity contribution in [2.75, 3.05) is 12.4 Å². The molecule has 1 heterocycles. The standard InChI is InChI=1S/C13H14ClN3O2/c1-2-17(12(18)7-14)8-11-15-10-6-4-3-5-9(10)13(19)16-11/h3-6H,2,7-8H2,1H3,(H,15,16,19). The second-order valence-electron chi connectivity index (χ2n) is 4.07. The minimum atomic E-state index is -0.199. The number of aromatic nitrogens is 2. The van der Waals surface area contributed by atoms with Crippen LogP contribution in [0.2, 0.25) is 0 Å². The van der Waals surface area contributed by atoms with Crippen molar-refractivity contribution >= 4 is 28.4 Å². The summed E-state index contributed by atoms with van der Waals surface area (Å²) in [5.41, 5.74) is 0.422. The number of aromatic amines is 1. The zero-order chi connectivity index (χ0) is 13.8. The maximum absolute atomic E-state index is 11.9. The van der Waals surface area contributed by atoms with Crippen LogP contribution in [-0.2, 0) is 11.3 Å². The lowest BCUT2D eigenvalue weighted by molar-refractivity contribution is -0.129. The topological polar surface area (TPSA) is 66.1 Å². The fourth-order valence-electron chi connectivity index (χ4n) is 1.85. The highest BCUT2D eigenvalue weighted by molar-refractivity contribution is 6.27. The number of para-hydroxylation sites is 1. The normalized spacial score (nSPS) is 10.6. The molecular formula is C13H14ClN3O2. The lowest BCUT2D eigenvalue weighted by Crippen LogP contribution is -2.32. The van der Waals surface area contributed by atoms with Gasteiger partial charge in [-0.3, -0.25) is 9.59 Å². The Kier molecular flexibility index (Phi) is 4.16. The van der Waals surface area contributed by atoms with Gasteiger partial charge in [0.05, 0.1) is 17.4 Å². The van der Waals surface area contributed by atoms with Crippen molar-refractivity contribution in [3.05, 3.63) is 40.4 Å². The van der Waals surface area contributed by atoms with Crippen molar-refractivity contribution in [2.45, 2.75) is 13.5 Å². The Morgan fingerprint density at radius 2 is 2.16 bits per heavy atom. The molecule has 2 aromatic rings. The largest absolute Gasteiger partial charge is 0.334 e. The highest BCUT2D eigenvalue weighted by Crippen LogP contribution is 2.07. The average Bonchev–Trinajstić information content (AvgIpc) is 2.44. The number of hydrogen-bond donors (Lipinski definition) is 1. The summed E-state index contributed by atoms with van der Waals surface area (Å²) in [7, 11) is 0. The summed E-state index contributed by atoms with van der Waals surface area (Å²) < 4.78 is 0. The Morgan fingerprint density at radius 3 is 2.84 bits per heavy atom. The molecular weight excluding hydrogens is 266 g/mol. The molecule has 0 bridgehead atoms. The number of carbonyl (C=O) groups is 1. The zero-order valence-electron chi connectivity index (χ0n) is 10.5. The Morgan fingerprint density at radius 1 is 1.42 bits per heavy atom. The summed E-state index contributed by atoms with van der Waals surface area (Å²) >= 11 is 5.53. The molecule has 0 aliphatic carbocycles. The monoisotopic (exact) mass is 279 g/mol. The molecule has 0 aliphatic heterocycles. The molecule has 0 saturated heterocycles. The number of rotatable bonds is 4. The number of nitrogens with zero attached hydrogens (tertiary/aromatic N) is 2. The molecule has 0 atom stereocenters. The molecule has 1 N–H and O–H groups in total. The number of alkyl halides is 1. The number of carbonyl (C=O) groups excluding carboxylic acids is 1. The van der Waals surface area contributed by atoms with Crippen LogP contribution in [0.3, 0.4) is 0 Å². The van der Waals surface area contributed by atoms with Crippen molar-refractivity contribution < 1.29 is 4.79 Å². The fraction of sp³-hybridized carbons (Fsp3) is 0.308. The second-order valence-corrected chi connectivity index (χ2v) is 4.34. The van der Waals surface area contributed by atoms with Gasteiger partial charge in [-0.1, -0.05) is 12.1 Å². The van der Waals surface area contributed by atoms with E-state index in [2.05, 4.69) is 9.97 Å². The van der Waals surface area contributed by atoms with Gasteiger partial charge in [-0.25, -0.2) is 4.98 Å². The number of hydrogen-bond acceptors (Lipinski definition) is 3. The molecule has 0 spiro atoms. The number of amides is 1. The van der Waals surface area contributed by atoms with Gasteiger partial charge in [0.1, 0.15) is 11.7 Å². The molecule has 0 aliphatic rings. The summed E-state index contributed by atoms with van der Waals surface area (Å²) in [4.78, 5) is 32.0. The first-order valence-corrected chi connectivity index (χ1v) is 6.50. The predicted octanol–water partition coefficient (Wildman–Crippen LogP) is 1.51. The molecule has 2 rings (SSSR count). The lowest BCUT2D eigenvalue weighted by atomic mass is 10.2. The first kappa shape index (κ1) is 13.5. The van der Waals surface area contributed by atoms with Crippen LogP contribution in [0.1, 0.15) is 12.7 Å². The molecule has 1 aromatic heterocycles. The number of halogens is 1. The van der Waals surface area contributed by atoms with Crippen LogP contribution in [0.5, 0.6) is 0 Å². The number of benzene rings is 1. The molecule has 0 radical (unpaired) electrons. The van der Waals surface area contributed by atoms with Gasteiger partial charge in [-0.2, -0.15) is 0 Å². The van der Waals surface area contributed by atoms with Crippen molar-refractivity contribution in [2.24, 2.45) is 0 Å². The third-order valence-corrected chi connectivity index (χ3v) is 3.08. The summed E-state index contributed by atoms with van der Waals surface area (Å²) in [6.45, 7) is 2.62. The molecule has 1 aromatic carbocycles. The van der Waals surface area contributed by atoms with Crippen molar-refractivity contribution in [3.8, 4) is 0 Å². The van der Waals surface area contributed by atoms with Gasteiger partial charge >= 0.3 is 0 Å². The smallest absolute Gasteiger partial charge is 0.258 e. The van der Waals surface area contributed by atoms with Gasteiger partial charge in [0.2, 0.25) is 5.91 Å². The van der Waals surface area contributed by atoms with Gasteiger partial charge in [0, 0.05) is 6.54 Å². The third-order valence-electron chi connectivity index (χ3n) is 2.85. The SMILES string of the molecule is CCN(Cc1nc2ccccc2c(=O)[nH]1)C(=O)CCl. The van der Waals surface area contributed by atoms with Crippen LogP contribution in [0.15, 0.2) is 29.1 Å². The van der Waals surface area contributed by atoms with Gasteiger partial charge in [0.25, 0.3) is 5.56 Å². The third kappa shape index (κ3) is 2.93. The van der Waals surface area contributed by atoms with E-state index in [0.717, 1.165) is 0 Å². The van der Waals surface area contributed by atoms with E-state index in [1.165, 1.54) is 0 Å². The molecule has 0 fully saturated rings. The molecule has 1 amide bonds. The van der Waals surface area contributed by atoms with Crippen LogP contribution in [0.4, 0.5) is 0 Å². The van der Waals surface area contributed by atoms with Crippen molar-refractivity contribution in [3.63, 3.8) is 0 Å². The van der Waals surface area contributed by atoms with E-state index in [1.807, 2.05) is 13.0 Å². The molecule has 5 nitrogen and oxygen atoms in total. The predicted molar refractivity (Wildman–Crippen MR) is 74.2 cm³/mol. The van der Waals surface area contributed by atoms with E-state index in [0.29, 0.717) is 23.3 Å². The summed E-state index contributed by atoms with van der Waals surface area (Å²) in [5, 5.41) is 0.540. The second kappa shape index (κ2) is 5.84. The molecule has 19 heavy (non-hydrogen) atoms. The highest BCUT2D eigenvalue weighted by atomic mass is 35.5. The summed E-state index contributed by atoms with van der Waals surface area (Å²) in [5.74, 6) is 0.204. The zero-order valence-corrected chi connectivity index (χ0v) is 11.3. The van der Waals surface area contributed by atoms with E-state index >= 15 is 0 Å². The Balaban J connectivity index is 2.36. The summed E-state index contributed by atoms with van der Waals surface area (Å²) in [6.07, 6.45) is 0. The highest BCUT2D eigenvalue weighted by Gasteiger charge is 2.12. The Labute approximate surface area is 115 Å². The maximum atomic E-state index is 11.9. The number of nitrogens with one attached hydrogen (secondary N) is 1. The van der Waals surface area contributed by atoms with Gasteiger partial charge in [0.15, 0.2) is 0 Å². The van der Waals surface area contributed by atoms with E-state index in [4.69, 9.17) is 11.6 Å². The maximum Gasteiger partial charge on any atom is 0.258 e. The van der Waals surface area contributed by atoms with E-state index in [-0.39, 0.29) is 23.9 Å². The van der Waals surface area contributed by atoms with Gasteiger partial charge < -0.3 is 9.88 Å². The van der Waals surface area contributed by atoms with Crippen molar-refractivity contribution in [1.29, 1.82) is 0 Å². The van der Waals surface area contributed by atoms with Crippen molar-refractivity contribution in [1.82, 2.24) is 14.9 Å². The molecule has 0 unspecified atom stereocenters. The summed E-state index contributed by atoms with van der Waals surface area (Å²) in [6, 6.07) is 7.09. The Bertz CT molecular complexity index is 654. The fourth-order valence-corrected chi connectivity index (χ4v) is 2.02. The van der Waals surface area contributed by atoms with Crippen LogP contribution < -0.4 is 5.56 Å². The number of H-pyrrole nitrogens is 1. The first-order valence-electron chi connectivity index (χ1n) is 5.97.